The Bertz CT molecular complexity index is 1630. The number of hydrogen-bond donors (Lipinski definition) is 0. The van der Waals surface area contributed by atoms with Crippen molar-refractivity contribution in [2.75, 3.05) is 0 Å². The second-order valence-electron chi connectivity index (χ2n) is 9.15. The van der Waals surface area contributed by atoms with Gasteiger partial charge in [-0.15, -0.1) is 24.3 Å². The van der Waals surface area contributed by atoms with Crippen LogP contribution in [0.2, 0.25) is 0 Å². The number of pyridine rings is 1. The first-order chi connectivity index (χ1) is 19.7. The smallest absolute Gasteiger partial charge is 0.241 e. The van der Waals surface area contributed by atoms with Crippen molar-refractivity contribution in [2.24, 2.45) is 14.1 Å². The molecule has 0 bridgehead atoms. The molecule has 0 aliphatic heterocycles. The quantitative estimate of drug-likeness (QED) is 0.205. The minimum Gasteiger partial charge on any atom is -0.358 e. The fraction of sp³-hybridized carbons (Fsp3) is 0.194. The summed E-state index contributed by atoms with van der Waals surface area (Å²) in [5.74, 6) is -0.517. The number of hydrogen-bond acceptors (Lipinski definition) is 3. The fourth-order valence-corrected chi connectivity index (χ4v) is 3.80. The zero-order valence-corrected chi connectivity index (χ0v) is 26.4. The Labute approximate surface area is 257 Å². The summed E-state index contributed by atoms with van der Waals surface area (Å²) in [5.41, 5.74) is 7.16. The SMILES string of the molecule is Cc1c(C)[n+](C)[c-]n1-c1[c-]ccc(F)c1.Cc1c(C)[n+](C)[c-]n1-c1[c-]ccc(F)c1.[Ir].c1ccc(-c2cnn[n-]2)nc1. The standard InChI is InChI=1S/2C12H12FN2.C7H5N4.Ir/c2*1-9-10(2)15(8-14(9)3)12-6-4-5-11(13)7-12;1-2-4-8-6(3-1)7-5-9-11-10-7;/h2*4-5,7H,1-3H3;1-5H;/q3*-1;. The zero-order valence-electron chi connectivity index (χ0n) is 24.0. The van der Waals surface area contributed by atoms with E-state index in [1.54, 1.807) is 33.7 Å². The molecule has 0 amide bonds. The Balaban J connectivity index is 0.000000173. The molecule has 0 fully saturated rings. The van der Waals surface area contributed by atoms with Crippen LogP contribution in [0.15, 0.2) is 67.0 Å². The number of aromatic nitrogens is 8. The summed E-state index contributed by atoms with van der Waals surface area (Å²) < 4.78 is 33.4. The maximum absolute atomic E-state index is 13.0. The van der Waals surface area contributed by atoms with Crippen molar-refractivity contribution >= 4 is 0 Å². The largest absolute Gasteiger partial charge is 0.358 e. The topological polar surface area (TPSA) is 70.4 Å². The molecule has 0 saturated carbocycles. The molecular weight excluding hydrogens is 715 g/mol. The Morgan fingerprint density at radius 3 is 1.67 bits per heavy atom. The predicted molar refractivity (Wildman–Crippen MR) is 147 cm³/mol. The van der Waals surface area contributed by atoms with E-state index in [1.807, 2.05) is 69.1 Å². The van der Waals surface area contributed by atoms with Crippen molar-refractivity contribution in [2.45, 2.75) is 27.7 Å². The average molecular weight is 744 g/mol. The van der Waals surface area contributed by atoms with E-state index in [-0.39, 0.29) is 31.7 Å². The molecular formula is C31H29F2IrN8-3. The van der Waals surface area contributed by atoms with Gasteiger partial charge >= 0.3 is 0 Å². The third kappa shape index (κ3) is 7.69. The molecule has 4 aromatic heterocycles. The fourth-order valence-electron chi connectivity index (χ4n) is 3.80. The number of nitrogens with zero attached hydrogens (tertiary/aromatic N) is 8. The van der Waals surface area contributed by atoms with E-state index < -0.39 is 0 Å². The van der Waals surface area contributed by atoms with Crippen molar-refractivity contribution < 1.29 is 38.0 Å². The summed E-state index contributed by atoms with van der Waals surface area (Å²) in [6.07, 6.45) is 9.48. The van der Waals surface area contributed by atoms with Crippen LogP contribution in [-0.4, -0.2) is 24.4 Å². The van der Waals surface area contributed by atoms with Gasteiger partial charge in [0.05, 0.1) is 19.8 Å². The van der Waals surface area contributed by atoms with Crippen molar-refractivity contribution in [3.05, 3.63) is 126 Å². The third-order valence-corrected chi connectivity index (χ3v) is 6.51. The molecule has 0 atom stereocenters. The molecule has 0 spiro atoms. The molecule has 2 aromatic carbocycles. The molecule has 0 aliphatic rings. The van der Waals surface area contributed by atoms with Crippen LogP contribution in [0.5, 0.6) is 0 Å². The maximum Gasteiger partial charge on any atom is 0.241 e. The van der Waals surface area contributed by atoms with E-state index in [0.29, 0.717) is 17.1 Å². The maximum atomic E-state index is 13.0. The van der Waals surface area contributed by atoms with Crippen LogP contribution >= 0.6 is 0 Å². The van der Waals surface area contributed by atoms with Crippen LogP contribution in [0.4, 0.5) is 8.78 Å². The number of halogens is 2. The zero-order chi connectivity index (χ0) is 29.5. The molecule has 4 heterocycles. The number of aryl methyl sites for hydroxylation is 2. The minimum atomic E-state index is -0.259. The van der Waals surface area contributed by atoms with E-state index in [4.69, 9.17) is 0 Å². The summed E-state index contributed by atoms with van der Waals surface area (Å²) in [4.78, 5) is 4.08. The van der Waals surface area contributed by atoms with Crippen molar-refractivity contribution in [3.63, 3.8) is 0 Å². The second-order valence-corrected chi connectivity index (χ2v) is 9.15. The van der Waals surface area contributed by atoms with Crippen LogP contribution in [0.1, 0.15) is 22.8 Å². The molecule has 0 saturated heterocycles. The van der Waals surface area contributed by atoms with E-state index in [9.17, 15) is 8.78 Å². The van der Waals surface area contributed by atoms with Gasteiger partial charge in [-0.2, -0.15) is 24.3 Å². The second kappa shape index (κ2) is 14.5. The van der Waals surface area contributed by atoms with Crippen molar-refractivity contribution in [1.82, 2.24) is 29.5 Å². The first-order valence-electron chi connectivity index (χ1n) is 12.7. The molecule has 0 N–H and O–H groups in total. The Kier molecular flexibility index (Phi) is 11.1. The molecule has 0 unspecified atom stereocenters. The van der Waals surface area contributed by atoms with Gasteiger partial charge in [0, 0.05) is 60.7 Å². The van der Waals surface area contributed by atoms with Gasteiger partial charge in [0.25, 0.3) is 0 Å². The van der Waals surface area contributed by atoms with Crippen LogP contribution in [0.25, 0.3) is 22.8 Å². The monoisotopic (exact) mass is 744 g/mol. The molecule has 219 valence electrons. The van der Waals surface area contributed by atoms with Gasteiger partial charge in [-0.25, -0.2) is 8.78 Å². The van der Waals surface area contributed by atoms with Gasteiger partial charge < -0.3 is 28.5 Å². The van der Waals surface area contributed by atoms with Gasteiger partial charge in [0.15, 0.2) is 0 Å². The van der Waals surface area contributed by atoms with E-state index in [1.165, 1.54) is 24.3 Å². The number of imidazole rings is 2. The molecule has 42 heavy (non-hydrogen) atoms. The van der Waals surface area contributed by atoms with E-state index >= 15 is 0 Å². The van der Waals surface area contributed by atoms with Gasteiger partial charge in [0.2, 0.25) is 12.7 Å². The van der Waals surface area contributed by atoms with Crippen LogP contribution in [0, 0.1) is 64.1 Å². The van der Waals surface area contributed by atoms with Gasteiger partial charge in [-0.05, 0) is 45.5 Å². The molecule has 6 aromatic rings. The van der Waals surface area contributed by atoms with Gasteiger partial charge in [-0.3, -0.25) is 10.2 Å². The first-order valence-corrected chi connectivity index (χ1v) is 12.7. The van der Waals surface area contributed by atoms with Gasteiger partial charge in [-0.1, -0.05) is 23.6 Å². The molecule has 0 aliphatic carbocycles. The molecule has 6 rings (SSSR count). The summed E-state index contributed by atoms with van der Waals surface area (Å²) in [7, 11) is 3.83. The predicted octanol–water partition coefficient (Wildman–Crippen LogP) is 3.81. The molecule has 8 nitrogen and oxygen atoms in total. The van der Waals surface area contributed by atoms with Gasteiger partial charge in [0.1, 0.15) is 0 Å². The van der Waals surface area contributed by atoms with E-state index in [0.717, 1.165) is 28.5 Å². The molecule has 1 radical (unpaired) electrons. The van der Waals surface area contributed by atoms with Crippen LogP contribution in [0.3, 0.4) is 0 Å². The molecule has 11 heteroatoms. The summed E-state index contributed by atoms with van der Waals surface area (Å²) in [6.45, 7) is 7.96. The van der Waals surface area contributed by atoms with Crippen LogP contribution in [-0.2, 0) is 34.2 Å². The van der Waals surface area contributed by atoms with Crippen molar-refractivity contribution in [1.29, 1.82) is 0 Å². The Morgan fingerprint density at radius 1 is 0.786 bits per heavy atom. The third-order valence-electron chi connectivity index (χ3n) is 6.51. The van der Waals surface area contributed by atoms with E-state index in [2.05, 4.69) is 45.2 Å². The number of benzene rings is 2. The average Bonchev–Trinajstić information content (AvgIpc) is 3.67. The Morgan fingerprint density at radius 2 is 1.31 bits per heavy atom. The van der Waals surface area contributed by atoms with Crippen molar-refractivity contribution in [3.8, 4) is 22.8 Å². The minimum absolute atomic E-state index is 0. The van der Waals surface area contributed by atoms with Crippen LogP contribution < -0.4 is 14.2 Å². The Hall–Kier alpha value is -4.34. The summed E-state index contributed by atoms with van der Waals surface area (Å²) in [5, 5.41) is 10.8. The first kappa shape index (κ1) is 32.2. The normalized spacial score (nSPS) is 10.2. The number of rotatable bonds is 3. The summed E-state index contributed by atoms with van der Waals surface area (Å²) >= 11 is 0. The summed E-state index contributed by atoms with van der Waals surface area (Å²) in [6, 6.07) is 20.4.